The minimum atomic E-state index is -4.00. The van der Waals surface area contributed by atoms with Crippen LogP contribution in [0.4, 0.5) is 0 Å². The molecule has 1 aromatic carbocycles. The minimum Gasteiger partial charge on any atom is -0.478 e. The van der Waals surface area contributed by atoms with E-state index < -0.39 is 27.9 Å². The van der Waals surface area contributed by atoms with Crippen LogP contribution in [0, 0.1) is 0 Å². The molecule has 1 aromatic rings. The average molecular weight is 377 g/mol. The first-order chi connectivity index (χ1) is 9.75. The number of hydrogen-bond donors (Lipinski definition) is 2. The van der Waals surface area contributed by atoms with E-state index in [1.165, 1.54) is 12.1 Å². The van der Waals surface area contributed by atoms with Crippen molar-refractivity contribution in [1.82, 2.24) is 4.31 Å². The predicted octanol–water partition coefficient (Wildman–Crippen LogP) is 0.786. The van der Waals surface area contributed by atoms with E-state index in [-0.39, 0.29) is 21.5 Å². The summed E-state index contributed by atoms with van der Waals surface area (Å²) in [6.45, 7) is 0.180. The third-order valence-corrected chi connectivity index (χ3v) is 6.20. The van der Waals surface area contributed by atoms with Crippen LogP contribution in [0.25, 0.3) is 0 Å². The molecule has 1 unspecified atom stereocenters. The lowest BCUT2D eigenvalue weighted by Crippen LogP contribution is -2.43. The fourth-order valence-electron chi connectivity index (χ4n) is 2.27. The lowest BCUT2D eigenvalue weighted by atomic mass is 10.2. The van der Waals surface area contributed by atoms with Crippen molar-refractivity contribution in [2.24, 2.45) is 5.73 Å². The van der Waals surface area contributed by atoms with Crippen LogP contribution in [-0.2, 0) is 14.8 Å². The number of halogens is 1. The van der Waals surface area contributed by atoms with E-state index in [4.69, 9.17) is 10.8 Å². The highest BCUT2D eigenvalue weighted by Gasteiger charge is 2.39. The number of aromatic carboxylic acids is 1. The van der Waals surface area contributed by atoms with Gasteiger partial charge in [-0.25, -0.2) is 13.2 Å². The molecule has 3 N–H and O–H groups in total. The van der Waals surface area contributed by atoms with Crippen molar-refractivity contribution in [3.8, 4) is 0 Å². The Balaban J connectivity index is 2.51. The molecule has 1 aliphatic rings. The molecule has 0 radical (unpaired) electrons. The van der Waals surface area contributed by atoms with E-state index in [9.17, 15) is 18.0 Å². The number of carboxylic acids is 1. The van der Waals surface area contributed by atoms with E-state index in [0.29, 0.717) is 12.8 Å². The third kappa shape index (κ3) is 2.94. The van der Waals surface area contributed by atoms with Gasteiger partial charge in [-0.05, 0) is 47.0 Å². The van der Waals surface area contributed by atoms with Gasteiger partial charge in [-0.15, -0.1) is 0 Å². The van der Waals surface area contributed by atoms with Crippen LogP contribution in [-0.4, -0.2) is 42.3 Å². The highest BCUT2D eigenvalue weighted by atomic mass is 79.9. The molecule has 1 amide bonds. The van der Waals surface area contributed by atoms with Gasteiger partial charge in [0.25, 0.3) is 0 Å². The number of rotatable bonds is 4. The molecular formula is C12H13BrN2O5S. The van der Waals surface area contributed by atoms with Gasteiger partial charge in [-0.1, -0.05) is 0 Å². The van der Waals surface area contributed by atoms with Gasteiger partial charge in [-0.3, -0.25) is 4.79 Å². The van der Waals surface area contributed by atoms with Crippen molar-refractivity contribution in [2.45, 2.75) is 23.8 Å². The van der Waals surface area contributed by atoms with Crippen molar-refractivity contribution >= 4 is 37.8 Å². The molecule has 0 spiro atoms. The quantitative estimate of drug-likeness (QED) is 0.804. The Morgan fingerprint density at radius 1 is 1.38 bits per heavy atom. The molecule has 114 valence electrons. The lowest BCUT2D eigenvalue weighted by molar-refractivity contribution is -0.121. The Morgan fingerprint density at radius 2 is 2.05 bits per heavy atom. The SMILES string of the molecule is NC(=O)C1CCCN1S(=O)(=O)c1cc(C(=O)O)ccc1Br. The summed E-state index contributed by atoms with van der Waals surface area (Å²) in [4.78, 5) is 22.2. The Bertz CT molecular complexity index is 704. The zero-order valence-electron chi connectivity index (χ0n) is 10.8. The van der Waals surface area contributed by atoms with Crippen LogP contribution < -0.4 is 5.73 Å². The van der Waals surface area contributed by atoms with Gasteiger partial charge < -0.3 is 10.8 Å². The summed E-state index contributed by atoms with van der Waals surface area (Å²) in [5.41, 5.74) is 5.08. The maximum atomic E-state index is 12.6. The highest BCUT2D eigenvalue weighted by molar-refractivity contribution is 9.10. The van der Waals surface area contributed by atoms with Gasteiger partial charge in [0.05, 0.1) is 10.5 Å². The number of carbonyl (C=O) groups is 2. The topological polar surface area (TPSA) is 118 Å². The van der Waals surface area contributed by atoms with Crippen LogP contribution in [0.3, 0.4) is 0 Å². The molecule has 1 atom stereocenters. The van der Waals surface area contributed by atoms with Crippen molar-refractivity contribution in [2.75, 3.05) is 6.54 Å². The molecule has 0 aromatic heterocycles. The van der Waals surface area contributed by atoms with Gasteiger partial charge in [0.1, 0.15) is 6.04 Å². The van der Waals surface area contributed by atoms with Gasteiger partial charge >= 0.3 is 5.97 Å². The number of carbonyl (C=O) groups excluding carboxylic acids is 1. The maximum Gasteiger partial charge on any atom is 0.335 e. The molecule has 21 heavy (non-hydrogen) atoms. The van der Waals surface area contributed by atoms with E-state index in [1.54, 1.807) is 0 Å². The Labute approximate surface area is 129 Å². The Morgan fingerprint density at radius 3 is 2.62 bits per heavy atom. The zero-order chi connectivity index (χ0) is 15.8. The average Bonchev–Trinajstić information content (AvgIpc) is 2.88. The second-order valence-electron chi connectivity index (χ2n) is 4.63. The molecule has 2 rings (SSSR count). The summed E-state index contributed by atoms with van der Waals surface area (Å²) in [5, 5.41) is 8.97. The number of nitrogens with two attached hydrogens (primary N) is 1. The van der Waals surface area contributed by atoms with Gasteiger partial charge in [0.2, 0.25) is 15.9 Å². The maximum absolute atomic E-state index is 12.6. The standard InChI is InChI=1S/C12H13BrN2O5S/c13-8-4-3-7(12(17)18)6-10(8)21(19,20)15-5-1-2-9(15)11(14)16/h3-4,6,9H,1-2,5H2,(H2,14,16)(H,17,18). The zero-order valence-corrected chi connectivity index (χ0v) is 13.2. The summed E-state index contributed by atoms with van der Waals surface area (Å²) in [5.74, 6) is -1.94. The van der Waals surface area contributed by atoms with Gasteiger partial charge in [-0.2, -0.15) is 4.31 Å². The Kier molecular flexibility index (Phi) is 4.35. The number of carboxylic acid groups (broad SMARTS) is 1. The van der Waals surface area contributed by atoms with Crippen LogP contribution in [0.1, 0.15) is 23.2 Å². The molecule has 1 saturated heterocycles. The largest absolute Gasteiger partial charge is 0.478 e. The van der Waals surface area contributed by atoms with Gasteiger partial charge in [0, 0.05) is 11.0 Å². The molecule has 0 bridgehead atoms. The fourth-order valence-corrected chi connectivity index (χ4v) is 4.89. The van der Waals surface area contributed by atoms with Crippen molar-refractivity contribution < 1.29 is 23.1 Å². The summed E-state index contributed by atoms with van der Waals surface area (Å²) >= 11 is 3.10. The molecular weight excluding hydrogens is 364 g/mol. The number of hydrogen-bond acceptors (Lipinski definition) is 4. The number of sulfonamides is 1. The smallest absolute Gasteiger partial charge is 0.335 e. The van der Waals surface area contributed by atoms with Crippen LogP contribution in [0.2, 0.25) is 0 Å². The fraction of sp³-hybridized carbons (Fsp3) is 0.333. The molecule has 1 aliphatic heterocycles. The summed E-state index contributed by atoms with van der Waals surface area (Å²) in [7, 11) is -4.00. The van der Waals surface area contributed by atoms with Crippen molar-refractivity contribution in [1.29, 1.82) is 0 Å². The molecule has 0 saturated carbocycles. The van der Waals surface area contributed by atoms with Crippen LogP contribution >= 0.6 is 15.9 Å². The van der Waals surface area contributed by atoms with E-state index in [0.717, 1.165) is 10.4 Å². The number of amides is 1. The predicted molar refractivity (Wildman–Crippen MR) is 77.2 cm³/mol. The van der Waals surface area contributed by atoms with E-state index in [2.05, 4.69) is 15.9 Å². The van der Waals surface area contributed by atoms with Crippen molar-refractivity contribution in [3.63, 3.8) is 0 Å². The first-order valence-electron chi connectivity index (χ1n) is 6.09. The number of nitrogens with zero attached hydrogens (tertiary/aromatic N) is 1. The molecule has 9 heteroatoms. The second kappa shape index (κ2) is 5.74. The summed E-state index contributed by atoms with van der Waals surface area (Å²) in [6, 6.07) is 2.82. The molecule has 7 nitrogen and oxygen atoms in total. The summed E-state index contributed by atoms with van der Waals surface area (Å²) in [6.07, 6.45) is 0.897. The molecule has 1 heterocycles. The van der Waals surface area contributed by atoms with Crippen LogP contribution in [0.15, 0.2) is 27.6 Å². The first kappa shape index (κ1) is 15.9. The highest BCUT2D eigenvalue weighted by Crippen LogP contribution is 2.31. The number of primary amides is 1. The number of benzene rings is 1. The molecule has 0 aliphatic carbocycles. The normalized spacial score (nSPS) is 19.6. The van der Waals surface area contributed by atoms with E-state index in [1.807, 2.05) is 0 Å². The monoisotopic (exact) mass is 376 g/mol. The molecule has 1 fully saturated rings. The first-order valence-corrected chi connectivity index (χ1v) is 8.32. The summed E-state index contributed by atoms with van der Waals surface area (Å²) < 4.78 is 26.5. The minimum absolute atomic E-state index is 0.147. The van der Waals surface area contributed by atoms with Crippen molar-refractivity contribution in [3.05, 3.63) is 28.2 Å². The van der Waals surface area contributed by atoms with Crippen LogP contribution in [0.5, 0.6) is 0 Å². The van der Waals surface area contributed by atoms with E-state index >= 15 is 0 Å². The lowest BCUT2D eigenvalue weighted by Gasteiger charge is -2.22. The third-order valence-electron chi connectivity index (χ3n) is 3.30. The Hall–Kier alpha value is -1.45. The second-order valence-corrected chi connectivity index (χ2v) is 7.34. The van der Waals surface area contributed by atoms with Gasteiger partial charge in [0.15, 0.2) is 0 Å².